The lowest BCUT2D eigenvalue weighted by Gasteiger charge is -2.06. The molecule has 0 unspecified atom stereocenters. The molecule has 0 bridgehead atoms. The van der Waals surface area contributed by atoms with Crippen LogP contribution in [0.5, 0.6) is 5.75 Å². The van der Waals surface area contributed by atoms with E-state index in [2.05, 4.69) is 12.5 Å². The fraction of sp³-hybridized carbons (Fsp3) is 0.231. The van der Waals surface area contributed by atoms with Crippen molar-refractivity contribution in [3.05, 3.63) is 42.0 Å². The summed E-state index contributed by atoms with van der Waals surface area (Å²) in [6, 6.07) is 5.78. The van der Waals surface area contributed by atoms with Crippen LogP contribution >= 0.6 is 0 Å². The predicted molar refractivity (Wildman–Crippen MR) is 59.4 cm³/mol. The van der Waals surface area contributed by atoms with Gasteiger partial charge >= 0.3 is 0 Å². The molecule has 1 heteroatoms. The summed E-state index contributed by atoms with van der Waals surface area (Å²) in [5.74, 6) is 3.52. The molecule has 0 aliphatic carbocycles. The van der Waals surface area contributed by atoms with Crippen molar-refractivity contribution in [2.45, 2.75) is 12.8 Å². The van der Waals surface area contributed by atoms with Crippen molar-refractivity contribution >= 4 is 0 Å². The first-order valence-corrected chi connectivity index (χ1v) is 4.56. The van der Waals surface area contributed by atoms with E-state index in [1.165, 1.54) is 0 Å². The Kier molecular flexibility index (Phi) is 3.82. The number of aryl methyl sites for hydroxylation is 1. The van der Waals surface area contributed by atoms with Crippen LogP contribution in [0.4, 0.5) is 0 Å². The third-order valence-electron chi connectivity index (χ3n) is 2.09. The van der Waals surface area contributed by atoms with Gasteiger partial charge < -0.3 is 4.74 Å². The highest BCUT2D eigenvalue weighted by Crippen LogP contribution is 2.18. The zero-order chi connectivity index (χ0) is 10.4. The molecule has 0 atom stereocenters. The molecule has 0 saturated heterocycles. The van der Waals surface area contributed by atoms with Gasteiger partial charge in [0, 0.05) is 5.56 Å². The average Bonchev–Trinajstić information content (AvgIpc) is 2.25. The highest BCUT2D eigenvalue weighted by molar-refractivity contribution is 5.44. The van der Waals surface area contributed by atoms with Gasteiger partial charge in [-0.15, -0.1) is 13.0 Å². The molecule has 0 fully saturated rings. The maximum atomic E-state index is 5.40. The number of rotatable bonds is 4. The van der Waals surface area contributed by atoms with Crippen molar-refractivity contribution in [3.8, 4) is 18.1 Å². The van der Waals surface area contributed by atoms with Crippen molar-refractivity contribution in [1.29, 1.82) is 0 Å². The van der Waals surface area contributed by atoms with E-state index in [0.29, 0.717) is 0 Å². The minimum atomic E-state index is 0.850. The summed E-state index contributed by atoms with van der Waals surface area (Å²) in [5, 5.41) is 0. The predicted octanol–water partition coefficient (Wildman–Crippen LogP) is 2.80. The summed E-state index contributed by atoms with van der Waals surface area (Å²) in [7, 11) is 1.65. The van der Waals surface area contributed by atoms with Gasteiger partial charge in [-0.05, 0) is 36.6 Å². The topological polar surface area (TPSA) is 9.23 Å². The van der Waals surface area contributed by atoms with E-state index in [0.717, 1.165) is 29.7 Å². The Bertz CT molecular complexity index is 358. The summed E-state index contributed by atoms with van der Waals surface area (Å²) in [4.78, 5) is 0. The molecule has 1 rings (SSSR count). The maximum absolute atomic E-state index is 5.40. The lowest BCUT2D eigenvalue weighted by Crippen LogP contribution is -1.91. The number of allylic oxidation sites excluding steroid dienone is 1. The minimum absolute atomic E-state index is 0.850. The highest BCUT2D eigenvalue weighted by Gasteiger charge is 2.01. The van der Waals surface area contributed by atoms with Crippen LogP contribution in [0.25, 0.3) is 0 Å². The number of hydrogen-bond donors (Lipinski definition) is 0. The maximum Gasteiger partial charge on any atom is 0.119 e. The SMILES string of the molecule is C#Cc1ccc(OC)cc1CCC=C. The summed E-state index contributed by atoms with van der Waals surface area (Å²) in [6.07, 6.45) is 9.14. The van der Waals surface area contributed by atoms with Crippen LogP contribution < -0.4 is 4.74 Å². The average molecular weight is 186 g/mol. The quantitative estimate of drug-likeness (QED) is 0.519. The number of ether oxygens (including phenoxy) is 1. The van der Waals surface area contributed by atoms with Crippen LogP contribution in [0, 0.1) is 12.3 Å². The standard InChI is InChI=1S/C13H14O/c1-4-6-7-12-10-13(14-3)9-8-11(12)5-2/h2,4,8-10H,1,6-7H2,3H3. The molecular formula is C13H14O. The fourth-order valence-electron chi connectivity index (χ4n) is 1.30. The second-order valence-corrected chi connectivity index (χ2v) is 2.99. The molecular weight excluding hydrogens is 172 g/mol. The molecule has 0 N–H and O–H groups in total. The van der Waals surface area contributed by atoms with Gasteiger partial charge in [-0.2, -0.15) is 0 Å². The number of benzene rings is 1. The normalized spacial score (nSPS) is 9.14. The van der Waals surface area contributed by atoms with Gasteiger partial charge in [0.05, 0.1) is 7.11 Å². The summed E-state index contributed by atoms with van der Waals surface area (Å²) < 4.78 is 5.14. The Hall–Kier alpha value is -1.68. The van der Waals surface area contributed by atoms with Crippen molar-refractivity contribution in [2.75, 3.05) is 7.11 Å². The molecule has 0 radical (unpaired) electrons. The van der Waals surface area contributed by atoms with Gasteiger partial charge in [0.15, 0.2) is 0 Å². The van der Waals surface area contributed by atoms with E-state index in [9.17, 15) is 0 Å². The minimum Gasteiger partial charge on any atom is -0.497 e. The van der Waals surface area contributed by atoms with E-state index in [1.54, 1.807) is 7.11 Å². The molecule has 0 heterocycles. The van der Waals surface area contributed by atoms with Crippen LogP contribution in [0.15, 0.2) is 30.9 Å². The van der Waals surface area contributed by atoms with Gasteiger partial charge in [0.25, 0.3) is 0 Å². The fourth-order valence-corrected chi connectivity index (χ4v) is 1.30. The largest absolute Gasteiger partial charge is 0.497 e. The van der Waals surface area contributed by atoms with Crippen LogP contribution in [0.3, 0.4) is 0 Å². The van der Waals surface area contributed by atoms with E-state index in [1.807, 2.05) is 24.3 Å². The second-order valence-electron chi connectivity index (χ2n) is 2.99. The van der Waals surface area contributed by atoms with Crippen molar-refractivity contribution in [3.63, 3.8) is 0 Å². The molecule has 0 aliphatic rings. The first-order valence-electron chi connectivity index (χ1n) is 4.56. The summed E-state index contributed by atoms with van der Waals surface area (Å²) in [5.41, 5.74) is 2.08. The van der Waals surface area contributed by atoms with Crippen LogP contribution in [0.2, 0.25) is 0 Å². The third kappa shape index (κ3) is 2.40. The molecule has 1 nitrogen and oxygen atoms in total. The Balaban J connectivity index is 2.97. The highest BCUT2D eigenvalue weighted by atomic mass is 16.5. The first kappa shape index (κ1) is 10.4. The zero-order valence-corrected chi connectivity index (χ0v) is 8.42. The zero-order valence-electron chi connectivity index (χ0n) is 8.42. The molecule has 1 aromatic rings. The molecule has 72 valence electrons. The molecule has 0 spiro atoms. The molecule has 14 heavy (non-hydrogen) atoms. The van der Waals surface area contributed by atoms with Crippen LogP contribution in [-0.2, 0) is 6.42 Å². The summed E-state index contributed by atoms with van der Waals surface area (Å²) >= 11 is 0. The van der Waals surface area contributed by atoms with Gasteiger partial charge in [-0.1, -0.05) is 12.0 Å². The Morgan fingerprint density at radius 3 is 2.93 bits per heavy atom. The van der Waals surface area contributed by atoms with E-state index >= 15 is 0 Å². The van der Waals surface area contributed by atoms with Gasteiger partial charge in [0.2, 0.25) is 0 Å². The Labute approximate surface area is 85.4 Å². The van der Waals surface area contributed by atoms with E-state index < -0.39 is 0 Å². The van der Waals surface area contributed by atoms with Gasteiger partial charge in [-0.25, -0.2) is 0 Å². The van der Waals surface area contributed by atoms with Crippen LogP contribution in [-0.4, -0.2) is 7.11 Å². The lowest BCUT2D eigenvalue weighted by molar-refractivity contribution is 0.414. The number of methoxy groups -OCH3 is 1. The van der Waals surface area contributed by atoms with Crippen LogP contribution in [0.1, 0.15) is 17.5 Å². The first-order chi connectivity index (χ1) is 6.81. The van der Waals surface area contributed by atoms with Gasteiger partial charge in [-0.3, -0.25) is 0 Å². The molecule has 1 aromatic carbocycles. The Morgan fingerprint density at radius 2 is 2.36 bits per heavy atom. The molecule has 0 aliphatic heterocycles. The monoisotopic (exact) mass is 186 g/mol. The third-order valence-corrected chi connectivity index (χ3v) is 2.09. The Morgan fingerprint density at radius 1 is 1.57 bits per heavy atom. The molecule has 0 amide bonds. The summed E-state index contributed by atoms with van der Waals surface area (Å²) in [6.45, 7) is 3.69. The smallest absolute Gasteiger partial charge is 0.119 e. The van der Waals surface area contributed by atoms with E-state index in [4.69, 9.17) is 11.2 Å². The number of terminal acetylenes is 1. The van der Waals surface area contributed by atoms with Crippen molar-refractivity contribution < 1.29 is 4.74 Å². The molecule has 0 saturated carbocycles. The van der Waals surface area contributed by atoms with Crippen molar-refractivity contribution in [1.82, 2.24) is 0 Å². The second kappa shape index (κ2) is 5.14. The lowest BCUT2D eigenvalue weighted by atomic mass is 10.0. The number of hydrogen-bond acceptors (Lipinski definition) is 1. The van der Waals surface area contributed by atoms with Crippen molar-refractivity contribution in [2.24, 2.45) is 0 Å². The van der Waals surface area contributed by atoms with Gasteiger partial charge in [0.1, 0.15) is 5.75 Å². The molecule has 0 aromatic heterocycles. The van der Waals surface area contributed by atoms with E-state index in [-0.39, 0.29) is 0 Å².